The van der Waals surface area contributed by atoms with Crippen LogP contribution in [0.1, 0.15) is 23.2 Å². The minimum absolute atomic E-state index is 0.264. The Labute approximate surface area is 85.5 Å². The van der Waals surface area contributed by atoms with Crippen LogP contribution in [0.3, 0.4) is 0 Å². The Bertz CT molecular complexity index is 437. The molecule has 0 saturated heterocycles. The van der Waals surface area contributed by atoms with Crippen molar-refractivity contribution in [2.24, 2.45) is 0 Å². The van der Waals surface area contributed by atoms with E-state index in [9.17, 15) is 26.7 Å². The number of H-pyrrole nitrogens is 1. The van der Waals surface area contributed by atoms with Crippen LogP contribution >= 0.6 is 0 Å². The minimum Gasteiger partial charge on any atom is -0.390 e. The molecule has 0 aliphatic rings. The maximum Gasteiger partial charge on any atom is 0.421 e. The number of alkyl halides is 5. The van der Waals surface area contributed by atoms with Gasteiger partial charge in [-0.15, -0.1) is 0 Å². The van der Waals surface area contributed by atoms with Gasteiger partial charge in [0.15, 0.2) is 0 Å². The van der Waals surface area contributed by atoms with Crippen molar-refractivity contribution in [2.75, 3.05) is 0 Å². The van der Waals surface area contributed by atoms with Crippen molar-refractivity contribution in [2.45, 2.75) is 19.2 Å². The lowest BCUT2D eigenvalue weighted by Gasteiger charge is -2.10. The Balaban J connectivity index is 3.51. The summed E-state index contributed by atoms with van der Waals surface area (Å²) < 4.78 is 61.3. The summed E-state index contributed by atoms with van der Waals surface area (Å²) in [4.78, 5) is 12.9. The highest BCUT2D eigenvalue weighted by molar-refractivity contribution is 5.28. The van der Waals surface area contributed by atoms with Crippen molar-refractivity contribution in [3.8, 4) is 0 Å². The summed E-state index contributed by atoms with van der Waals surface area (Å²) >= 11 is 0. The Hall–Kier alpha value is -1.44. The first-order valence-electron chi connectivity index (χ1n) is 3.99. The second-order valence-electron chi connectivity index (χ2n) is 2.88. The van der Waals surface area contributed by atoms with Gasteiger partial charge in [0.2, 0.25) is 5.43 Å². The molecule has 90 valence electrons. The topological polar surface area (TPSA) is 53.1 Å². The summed E-state index contributed by atoms with van der Waals surface area (Å²) in [5.41, 5.74) is -5.49. The zero-order valence-electron chi connectivity index (χ0n) is 7.61. The lowest BCUT2D eigenvalue weighted by atomic mass is 10.1. The van der Waals surface area contributed by atoms with Gasteiger partial charge in [0.25, 0.3) is 6.43 Å². The van der Waals surface area contributed by atoms with Gasteiger partial charge in [-0.25, -0.2) is 8.78 Å². The van der Waals surface area contributed by atoms with Gasteiger partial charge in [0, 0.05) is 6.20 Å². The fraction of sp³-hybridized carbons (Fsp3) is 0.375. The minimum atomic E-state index is -5.01. The van der Waals surface area contributed by atoms with E-state index >= 15 is 0 Å². The van der Waals surface area contributed by atoms with Crippen LogP contribution in [0.2, 0.25) is 0 Å². The van der Waals surface area contributed by atoms with Crippen molar-refractivity contribution in [1.82, 2.24) is 4.98 Å². The Morgan fingerprint density at radius 2 is 1.94 bits per heavy atom. The fourth-order valence-corrected chi connectivity index (χ4v) is 1.16. The average molecular weight is 243 g/mol. The van der Waals surface area contributed by atoms with Crippen molar-refractivity contribution < 1.29 is 27.1 Å². The van der Waals surface area contributed by atoms with Gasteiger partial charge in [0.05, 0.1) is 17.9 Å². The Morgan fingerprint density at radius 1 is 1.38 bits per heavy atom. The monoisotopic (exact) mass is 243 g/mol. The number of hydrogen-bond acceptors (Lipinski definition) is 2. The van der Waals surface area contributed by atoms with Crippen molar-refractivity contribution in [3.63, 3.8) is 0 Å². The van der Waals surface area contributed by atoms with Gasteiger partial charge >= 0.3 is 6.18 Å². The largest absolute Gasteiger partial charge is 0.421 e. The van der Waals surface area contributed by atoms with Crippen LogP contribution in [0.25, 0.3) is 0 Å². The van der Waals surface area contributed by atoms with E-state index in [0.29, 0.717) is 0 Å². The molecule has 0 saturated carbocycles. The molecular formula is C8H6F5NO2. The lowest BCUT2D eigenvalue weighted by molar-refractivity contribution is -0.138. The molecule has 0 spiro atoms. The molecule has 0 aliphatic carbocycles. The number of aliphatic hydroxyl groups is 1. The molecule has 1 heterocycles. The summed E-state index contributed by atoms with van der Waals surface area (Å²) in [5.74, 6) is 0. The Morgan fingerprint density at radius 3 is 2.31 bits per heavy atom. The molecule has 2 N–H and O–H groups in total. The third-order valence-electron chi connectivity index (χ3n) is 1.89. The van der Waals surface area contributed by atoms with Crippen LogP contribution in [0.4, 0.5) is 22.0 Å². The predicted octanol–water partition coefficient (Wildman–Crippen LogP) is 1.82. The summed E-state index contributed by atoms with van der Waals surface area (Å²) in [6.45, 7) is -0.965. The van der Waals surface area contributed by atoms with Crippen LogP contribution < -0.4 is 5.43 Å². The number of pyridine rings is 1. The van der Waals surface area contributed by atoms with Crippen LogP contribution in [0.15, 0.2) is 11.0 Å². The zero-order chi connectivity index (χ0) is 12.5. The van der Waals surface area contributed by atoms with Gasteiger partial charge in [-0.2, -0.15) is 13.2 Å². The average Bonchev–Trinajstić information content (AvgIpc) is 2.14. The second-order valence-corrected chi connectivity index (χ2v) is 2.88. The zero-order valence-corrected chi connectivity index (χ0v) is 7.61. The molecule has 0 radical (unpaired) electrons. The molecule has 16 heavy (non-hydrogen) atoms. The normalized spacial score (nSPS) is 12.2. The van der Waals surface area contributed by atoms with Crippen molar-refractivity contribution in [3.05, 3.63) is 33.2 Å². The van der Waals surface area contributed by atoms with Gasteiger partial charge in [0.1, 0.15) is 5.56 Å². The molecule has 0 aromatic carbocycles. The SMILES string of the molecule is O=c1c(C(F)(F)F)c[nH]c(CO)c1C(F)F. The van der Waals surface area contributed by atoms with Crippen LogP contribution in [-0.4, -0.2) is 10.1 Å². The third kappa shape index (κ3) is 2.21. The summed E-state index contributed by atoms with van der Waals surface area (Å²) in [6, 6.07) is 0. The van der Waals surface area contributed by atoms with E-state index in [0.717, 1.165) is 0 Å². The predicted molar refractivity (Wildman–Crippen MR) is 42.9 cm³/mol. The standard InChI is InChI=1S/C8H6F5NO2/c9-7(10)5-4(2-15)14-1-3(6(5)16)8(11,12)13/h1,7,15H,2H2,(H,14,16). The summed E-state index contributed by atoms with van der Waals surface area (Å²) in [7, 11) is 0. The van der Waals surface area contributed by atoms with Gasteiger partial charge in [-0.1, -0.05) is 0 Å². The molecule has 0 aliphatic heterocycles. The molecule has 8 heteroatoms. The van der Waals surface area contributed by atoms with Gasteiger partial charge in [-0.05, 0) is 0 Å². The van der Waals surface area contributed by atoms with E-state index in [4.69, 9.17) is 5.11 Å². The van der Waals surface area contributed by atoms with E-state index < -0.39 is 41.5 Å². The number of aromatic nitrogens is 1. The molecule has 0 atom stereocenters. The first kappa shape index (κ1) is 12.6. The van der Waals surface area contributed by atoms with Gasteiger partial charge < -0.3 is 10.1 Å². The maximum atomic E-state index is 12.3. The Kier molecular flexibility index (Phi) is 3.32. The number of aliphatic hydroxyl groups excluding tert-OH is 1. The molecule has 0 unspecified atom stereocenters. The fourth-order valence-electron chi connectivity index (χ4n) is 1.16. The number of halogens is 5. The van der Waals surface area contributed by atoms with E-state index in [-0.39, 0.29) is 6.20 Å². The van der Waals surface area contributed by atoms with Crippen LogP contribution in [-0.2, 0) is 12.8 Å². The molecule has 1 aromatic rings. The summed E-state index contributed by atoms with van der Waals surface area (Å²) in [5, 5.41) is 8.60. The highest BCUT2D eigenvalue weighted by atomic mass is 19.4. The van der Waals surface area contributed by atoms with Crippen LogP contribution in [0.5, 0.6) is 0 Å². The van der Waals surface area contributed by atoms with E-state index in [2.05, 4.69) is 0 Å². The van der Waals surface area contributed by atoms with E-state index in [1.807, 2.05) is 4.98 Å². The highest BCUT2D eigenvalue weighted by Crippen LogP contribution is 2.28. The third-order valence-corrected chi connectivity index (χ3v) is 1.89. The molecule has 0 amide bonds. The molecule has 1 rings (SSSR count). The van der Waals surface area contributed by atoms with Gasteiger partial charge in [-0.3, -0.25) is 4.79 Å². The molecular weight excluding hydrogens is 237 g/mol. The maximum absolute atomic E-state index is 12.3. The number of aromatic amines is 1. The number of nitrogens with one attached hydrogen (secondary N) is 1. The van der Waals surface area contributed by atoms with E-state index in [1.54, 1.807) is 0 Å². The first-order chi connectivity index (χ1) is 7.29. The summed E-state index contributed by atoms with van der Waals surface area (Å²) in [6.07, 6.45) is -8.13. The smallest absolute Gasteiger partial charge is 0.390 e. The number of hydrogen-bond donors (Lipinski definition) is 2. The van der Waals surface area contributed by atoms with E-state index in [1.165, 1.54) is 0 Å². The first-order valence-corrected chi connectivity index (χ1v) is 3.99. The quantitative estimate of drug-likeness (QED) is 0.778. The second kappa shape index (κ2) is 4.20. The molecule has 1 aromatic heterocycles. The van der Waals surface area contributed by atoms with Crippen molar-refractivity contribution >= 4 is 0 Å². The lowest BCUT2D eigenvalue weighted by Crippen LogP contribution is -2.25. The van der Waals surface area contributed by atoms with Crippen LogP contribution in [0, 0.1) is 0 Å². The molecule has 0 fully saturated rings. The number of rotatable bonds is 2. The molecule has 3 nitrogen and oxygen atoms in total. The highest BCUT2D eigenvalue weighted by Gasteiger charge is 2.36. The van der Waals surface area contributed by atoms with Crippen molar-refractivity contribution in [1.29, 1.82) is 0 Å². The molecule has 0 bridgehead atoms.